The van der Waals surface area contributed by atoms with Crippen molar-refractivity contribution in [2.24, 2.45) is 11.7 Å². The minimum atomic E-state index is 0.321. The Kier molecular flexibility index (Phi) is 6.30. The topological polar surface area (TPSA) is 49.6 Å². The van der Waals surface area contributed by atoms with Crippen molar-refractivity contribution in [2.75, 3.05) is 32.7 Å². The lowest BCUT2D eigenvalue weighted by atomic mass is 9.87. The molecule has 0 bridgehead atoms. The quantitative estimate of drug-likeness (QED) is 0.855. The third-order valence-corrected chi connectivity index (χ3v) is 5.10. The van der Waals surface area contributed by atoms with Crippen LogP contribution in [0.25, 0.3) is 0 Å². The van der Waals surface area contributed by atoms with Gasteiger partial charge in [-0.3, -0.25) is 9.69 Å². The summed E-state index contributed by atoms with van der Waals surface area (Å²) in [5.41, 5.74) is 5.97. The van der Waals surface area contributed by atoms with Gasteiger partial charge in [0.15, 0.2) is 0 Å². The second-order valence-corrected chi connectivity index (χ2v) is 6.38. The van der Waals surface area contributed by atoms with Gasteiger partial charge in [-0.15, -0.1) is 0 Å². The molecule has 0 radical (unpaired) electrons. The molecule has 20 heavy (non-hydrogen) atoms. The van der Waals surface area contributed by atoms with Crippen LogP contribution in [0.3, 0.4) is 0 Å². The van der Waals surface area contributed by atoms with Crippen LogP contribution in [0.4, 0.5) is 0 Å². The van der Waals surface area contributed by atoms with Gasteiger partial charge in [0, 0.05) is 25.7 Å². The van der Waals surface area contributed by atoms with Crippen molar-refractivity contribution in [1.29, 1.82) is 0 Å². The van der Waals surface area contributed by atoms with Crippen LogP contribution in [-0.2, 0) is 4.79 Å². The van der Waals surface area contributed by atoms with E-state index >= 15 is 0 Å². The average Bonchev–Trinajstić information content (AvgIpc) is 2.76. The Hall–Kier alpha value is -0.610. The fourth-order valence-electron chi connectivity index (χ4n) is 3.82. The summed E-state index contributed by atoms with van der Waals surface area (Å²) < 4.78 is 0. The monoisotopic (exact) mass is 281 g/mol. The van der Waals surface area contributed by atoms with Gasteiger partial charge in [-0.25, -0.2) is 0 Å². The van der Waals surface area contributed by atoms with Crippen molar-refractivity contribution in [3.8, 4) is 0 Å². The van der Waals surface area contributed by atoms with E-state index in [2.05, 4.69) is 16.7 Å². The Balaban J connectivity index is 1.91. The lowest BCUT2D eigenvalue weighted by molar-refractivity contribution is -0.133. The molecule has 4 heteroatoms. The summed E-state index contributed by atoms with van der Waals surface area (Å²) in [5.74, 6) is 0.993. The summed E-state index contributed by atoms with van der Waals surface area (Å²) in [7, 11) is 0. The molecule has 2 fully saturated rings. The van der Waals surface area contributed by atoms with Crippen LogP contribution in [-0.4, -0.2) is 54.5 Å². The summed E-state index contributed by atoms with van der Waals surface area (Å²) in [4.78, 5) is 17.0. The fraction of sp³-hybridized carbons (Fsp3) is 0.938. The smallest absolute Gasteiger partial charge is 0.236 e. The number of hydrogen-bond donors (Lipinski definition) is 1. The molecule has 2 saturated heterocycles. The second kappa shape index (κ2) is 7.99. The first-order valence-electron chi connectivity index (χ1n) is 8.48. The molecule has 0 aromatic rings. The minimum absolute atomic E-state index is 0.321. The van der Waals surface area contributed by atoms with E-state index in [9.17, 15) is 4.79 Å². The van der Waals surface area contributed by atoms with Crippen LogP contribution < -0.4 is 5.73 Å². The molecule has 2 rings (SSSR count). The van der Waals surface area contributed by atoms with E-state index in [0.29, 0.717) is 31.0 Å². The normalized spacial score (nSPS) is 29.2. The van der Waals surface area contributed by atoms with Crippen molar-refractivity contribution in [3.63, 3.8) is 0 Å². The van der Waals surface area contributed by atoms with E-state index in [1.165, 1.54) is 44.9 Å². The molecule has 0 aromatic carbocycles. The number of carbonyl (C=O) groups is 1. The number of piperidine rings is 1. The molecule has 0 aromatic heterocycles. The molecule has 1 amide bonds. The van der Waals surface area contributed by atoms with E-state index in [1.54, 1.807) is 0 Å². The van der Waals surface area contributed by atoms with E-state index in [4.69, 9.17) is 5.73 Å². The Bertz CT molecular complexity index is 300. The van der Waals surface area contributed by atoms with Gasteiger partial charge in [0.05, 0.1) is 6.54 Å². The van der Waals surface area contributed by atoms with Gasteiger partial charge in [-0.2, -0.15) is 0 Å². The number of hydrogen-bond acceptors (Lipinski definition) is 3. The lowest BCUT2D eigenvalue weighted by Crippen LogP contribution is -2.53. The molecule has 2 aliphatic rings. The summed E-state index contributed by atoms with van der Waals surface area (Å²) in [5, 5.41) is 0. The molecule has 4 nitrogen and oxygen atoms in total. The molecule has 0 saturated carbocycles. The van der Waals surface area contributed by atoms with Gasteiger partial charge >= 0.3 is 0 Å². The zero-order valence-corrected chi connectivity index (χ0v) is 13.0. The third-order valence-electron chi connectivity index (χ3n) is 5.10. The van der Waals surface area contributed by atoms with Crippen molar-refractivity contribution in [1.82, 2.24) is 9.80 Å². The van der Waals surface area contributed by atoms with E-state index in [-0.39, 0.29) is 0 Å². The molecular formula is C16H31N3O. The molecule has 0 spiro atoms. The first-order chi connectivity index (χ1) is 9.76. The average molecular weight is 281 g/mol. The maximum absolute atomic E-state index is 12.5. The zero-order valence-electron chi connectivity index (χ0n) is 13.0. The van der Waals surface area contributed by atoms with Crippen molar-refractivity contribution in [2.45, 2.75) is 57.9 Å². The molecule has 2 unspecified atom stereocenters. The summed E-state index contributed by atoms with van der Waals surface area (Å²) >= 11 is 0. The molecule has 0 aliphatic carbocycles. The first kappa shape index (κ1) is 15.8. The predicted molar refractivity (Wildman–Crippen MR) is 82.5 cm³/mol. The largest absolute Gasteiger partial charge is 0.342 e. The molecule has 2 N–H and O–H groups in total. The SMILES string of the molecule is CCC1CCCN(CC(=O)N2CCCCCC2)C1CN. The molecule has 116 valence electrons. The van der Waals surface area contributed by atoms with Gasteiger partial charge in [-0.05, 0) is 38.1 Å². The number of nitrogens with two attached hydrogens (primary N) is 1. The van der Waals surface area contributed by atoms with Crippen LogP contribution in [0, 0.1) is 5.92 Å². The highest BCUT2D eigenvalue weighted by Gasteiger charge is 2.31. The van der Waals surface area contributed by atoms with E-state index < -0.39 is 0 Å². The Labute approximate surface area is 123 Å². The maximum Gasteiger partial charge on any atom is 0.236 e. The maximum atomic E-state index is 12.5. The highest BCUT2D eigenvalue weighted by Crippen LogP contribution is 2.25. The van der Waals surface area contributed by atoms with Crippen LogP contribution in [0.2, 0.25) is 0 Å². The number of nitrogens with zero attached hydrogens (tertiary/aromatic N) is 2. The number of amides is 1. The van der Waals surface area contributed by atoms with Crippen molar-refractivity contribution in [3.05, 3.63) is 0 Å². The van der Waals surface area contributed by atoms with Gasteiger partial charge in [0.25, 0.3) is 0 Å². The summed E-state index contributed by atoms with van der Waals surface area (Å²) in [6, 6.07) is 0.407. The Morgan fingerprint density at radius 2 is 1.80 bits per heavy atom. The van der Waals surface area contributed by atoms with Crippen LogP contribution in [0.1, 0.15) is 51.9 Å². The zero-order chi connectivity index (χ0) is 14.4. The van der Waals surface area contributed by atoms with Gasteiger partial charge in [0.1, 0.15) is 0 Å². The molecule has 2 heterocycles. The highest BCUT2D eigenvalue weighted by atomic mass is 16.2. The highest BCUT2D eigenvalue weighted by molar-refractivity contribution is 5.78. The predicted octanol–water partition coefficient (Wildman–Crippen LogP) is 1.84. The Morgan fingerprint density at radius 1 is 1.10 bits per heavy atom. The van der Waals surface area contributed by atoms with Crippen LogP contribution in [0.15, 0.2) is 0 Å². The van der Waals surface area contributed by atoms with Gasteiger partial charge < -0.3 is 10.6 Å². The number of carbonyl (C=O) groups excluding carboxylic acids is 1. The minimum Gasteiger partial charge on any atom is -0.342 e. The fourth-order valence-corrected chi connectivity index (χ4v) is 3.82. The number of likely N-dealkylation sites (tertiary alicyclic amines) is 2. The van der Waals surface area contributed by atoms with Crippen LogP contribution in [0.5, 0.6) is 0 Å². The second-order valence-electron chi connectivity index (χ2n) is 6.38. The van der Waals surface area contributed by atoms with E-state index in [0.717, 1.165) is 19.6 Å². The molecule has 2 atom stereocenters. The first-order valence-corrected chi connectivity index (χ1v) is 8.48. The standard InChI is InChI=1S/C16H31N3O/c1-2-14-8-7-11-19(15(14)12-17)13-16(20)18-9-5-3-4-6-10-18/h14-15H,2-13,17H2,1H3. The number of rotatable bonds is 4. The summed E-state index contributed by atoms with van der Waals surface area (Å²) in [6.07, 6.45) is 8.55. The van der Waals surface area contributed by atoms with Crippen LogP contribution >= 0.6 is 0 Å². The van der Waals surface area contributed by atoms with Crippen molar-refractivity contribution >= 4 is 5.91 Å². The van der Waals surface area contributed by atoms with E-state index in [1.807, 2.05) is 0 Å². The summed E-state index contributed by atoms with van der Waals surface area (Å²) in [6.45, 7) is 6.46. The third kappa shape index (κ3) is 3.95. The van der Waals surface area contributed by atoms with Gasteiger partial charge in [0.2, 0.25) is 5.91 Å². The molecular weight excluding hydrogens is 250 g/mol. The lowest BCUT2D eigenvalue weighted by Gasteiger charge is -2.41. The van der Waals surface area contributed by atoms with Gasteiger partial charge in [-0.1, -0.05) is 26.2 Å². The molecule has 2 aliphatic heterocycles. The van der Waals surface area contributed by atoms with Crippen molar-refractivity contribution < 1.29 is 4.79 Å². The Morgan fingerprint density at radius 3 is 2.40 bits per heavy atom.